The Hall–Kier alpha value is -1.89. The third kappa shape index (κ3) is 3.56. The van der Waals surface area contributed by atoms with Gasteiger partial charge in [-0.05, 0) is 19.9 Å². The van der Waals surface area contributed by atoms with Crippen LogP contribution in [0.3, 0.4) is 0 Å². The number of rotatable bonds is 7. The van der Waals surface area contributed by atoms with E-state index in [2.05, 4.69) is 4.98 Å². The van der Waals surface area contributed by atoms with Crippen molar-refractivity contribution in [2.24, 2.45) is 0 Å². The number of ether oxygens (including phenoxy) is 1. The zero-order valence-electron chi connectivity index (χ0n) is 10.6. The maximum atomic E-state index is 11.0. The van der Waals surface area contributed by atoms with Gasteiger partial charge in [0.2, 0.25) is 5.82 Å². The first-order valence-corrected chi connectivity index (χ1v) is 5.83. The van der Waals surface area contributed by atoms with Crippen LogP contribution >= 0.6 is 0 Å². The molecule has 0 spiro atoms. The first-order valence-electron chi connectivity index (χ1n) is 5.83. The minimum atomic E-state index is -0.453. The largest absolute Gasteiger partial charge is 0.384 e. The predicted molar refractivity (Wildman–Crippen MR) is 69.7 cm³/mol. The van der Waals surface area contributed by atoms with Crippen molar-refractivity contribution < 1.29 is 9.66 Å². The highest BCUT2D eigenvalue weighted by atomic mass is 16.6. The monoisotopic (exact) mass is 254 g/mol. The summed E-state index contributed by atoms with van der Waals surface area (Å²) in [6.07, 6.45) is 0. The molecule has 7 heteroatoms. The molecule has 0 radical (unpaired) electrons. The van der Waals surface area contributed by atoms with E-state index in [9.17, 15) is 10.1 Å². The summed E-state index contributed by atoms with van der Waals surface area (Å²) in [7, 11) is 0. The van der Waals surface area contributed by atoms with Gasteiger partial charge < -0.3 is 15.4 Å². The van der Waals surface area contributed by atoms with E-state index in [1.807, 2.05) is 13.8 Å². The van der Waals surface area contributed by atoms with Crippen molar-refractivity contribution >= 4 is 17.3 Å². The van der Waals surface area contributed by atoms with Crippen LogP contribution in [0.5, 0.6) is 0 Å². The van der Waals surface area contributed by atoms with Gasteiger partial charge in [-0.3, -0.25) is 10.1 Å². The van der Waals surface area contributed by atoms with Crippen LogP contribution in [0.4, 0.5) is 17.3 Å². The van der Waals surface area contributed by atoms with Crippen LogP contribution < -0.4 is 10.6 Å². The van der Waals surface area contributed by atoms with Crippen molar-refractivity contribution in [2.45, 2.75) is 13.8 Å². The number of nitro groups is 1. The average Bonchev–Trinajstić information content (AvgIpc) is 2.34. The molecular formula is C11H18N4O3. The van der Waals surface area contributed by atoms with E-state index >= 15 is 0 Å². The number of anilines is 2. The van der Waals surface area contributed by atoms with E-state index in [4.69, 9.17) is 10.5 Å². The van der Waals surface area contributed by atoms with Gasteiger partial charge in [-0.2, -0.15) is 0 Å². The molecule has 0 saturated heterocycles. The molecule has 0 aliphatic rings. The van der Waals surface area contributed by atoms with E-state index in [1.165, 1.54) is 12.1 Å². The van der Waals surface area contributed by atoms with Crippen molar-refractivity contribution in [1.82, 2.24) is 4.98 Å². The van der Waals surface area contributed by atoms with E-state index in [0.29, 0.717) is 32.1 Å². The molecule has 1 heterocycles. The molecule has 0 unspecified atom stereocenters. The quantitative estimate of drug-likeness (QED) is 0.449. The molecule has 1 aromatic rings. The van der Waals surface area contributed by atoms with Crippen LogP contribution in [0.25, 0.3) is 0 Å². The first-order chi connectivity index (χ1) is 8.60. The molecule has 0 amide bonds. The van der Waals surface area contributed by atoms with E-state index in [-0.39, 0.29) is 11.5 Å². The number of likely N-dealkylation sites (N-methyl/N-ethyl adjacent to an activating group) is 1. The Labute approximate surface area is 106 Å². The maximum absolute atomic E-state index is 11.0. The van der Waals surface area contributed by atoms with Crippen molar-refractivity contribution in [2.75, 3.05) is 36.9 Å². The topological polar surface area (TPSA) is 94.5 Å². The van der Waals surface area contributed by atoms with Crippen LogP contribution in [0.1, 0.15) is 13.8 Å². The fraction of sp³-hybridized carbons (Fsp3) is 0.545. The third-order valence-corrected chi connectivity index (χ3v) is 2.46. The van der Waals surface area contributed by atoms with Gasteiger partial charge in [0.1, 0.15) is 5.82 Å². The fourth-order valence-electron chi connectivity index (χ4n) is 1.56. The lowest BCUT2D eigenvalue weighted by Gasteiger charge is -2.21. The summed E-state index contributed by atoms with van der Waals surface area (Å²) in [5.41, 5.74) is 5.54. The molecule has 1 rings (SSSR count). The molecule has 0 saturated carbocycles. The summed E-state index contributed by atoms with van der Waals surface area (Å²) in [6.45, 7) is 6.06. The normalized spacial score (nSPS) is 10.3. The Morgan fingerprint density at radius 3 is 2.78 bits per heavy atom. The summed E-state index contributed by atoms with van der Waals surface area (Å²) < 4.78 is 5.25. The standard InChI is InChI=1S/C11H18N4O3/c1-3-14(7-8-18-4-2)11-9(15(16)17)5-6-10(12)13-11/h5-6H,3-4,7-8H2,1-2H3,(H2,12,13). The van der Waals surface area contributed by atoms with Gasteiger partial charge in [0.05, 0.1) is 11.5 Å². The van der Waals surface area contributed by atoms with Gasteiger partial charge in [0.25, 0.3) is 0 Å². The number of hydrogen-bond acceptors (Lipinski definition) is 6. The summed E-state index contributed by atoms with van der Waals surface area (Å²) in [6, 6.07) is 2.80. The van der Waals surface area contributed by atoms with Gasteiger partial charge in [-0.1, -0.05) is 0 Å². The summed E-state index contributed by atoms with van der Waals surface area (Å²) >= 11 is 0. The molecule has 0 aliphatic heterocycles. The number of aromatic nitrogens is 1. The van der Waals surface area contributed by atoms with Crippen LogP contribution in [-0.2, 0) is 4.74 Å². The predicted octanol–water partition coefficient (Wildman–Crippen LogP) is 1.43. The van der Waals surface area contributed by atoms with E-state index in [1.54, 1.807) is 4.90 Å². The van der Waals surface area contributed by atoms with Crippen LogP contribution in [0, 0.1) is 10.1 Å². The molecular weight excluding hydrogens is 236 g/mol. The molecule has 18 heavy (non-hydrogen) atoms. The van der Waals surface area contributed by atoms with Crippen molar-refractivity contribution in [3.05, 3.63) is 22.2 Å². The average molecular weight is 254 g/mol. The van der Waals surface area contributed by atoms with Crippen LogP contribution in [0.2, 0.25) is 0 Å². The summed E-state index contributed by atoms with van der Waals surface area (Å²) in [5.74, 6) is 0.563. The van der Waals surface area contributed by atoms with Gasteiger partial charge >= 0.3 is 5.69 Å². The molecule has 100 valence electrons. The second-order valence-corrected chi connectivity index (χ2v) is 3.61. The lowest BCUT2D eigenvalue weighted by atomic mass is 10.3. The molecule has 0 fully saturated rings. The van der Waals surface area contributed by atoms with Gasteiger partial charge in [-0.15, -0.1) is 0 Å². The number of nitrogens with zero attached hydrogens (tertiary/aromatic N) is 3. The maximum Gasteiger partial charge on any atom is 0.311 e. The van der Waals surface area contributed by atoms with E-state index < -0.39 is 4.92 Å². The molecule has 0 aliphatic carbocycles. The van der Waals surface area contributed by atoms with Crippen molar-refractivity contribution in [3.8, 4) is 0 Å². The Balaban J connectivity index is 2.95. The molecule has 1 aromatic heterocycles. The molecule has 0 atom stereocenters. The summed E-state index contributed by atoms with van der Waals surface area (Å²) in [4.78, 5) is 16.3. The number of nitrogen functional groups attached to an aromatic ring is 1. The minimum Gasteiger partial charge on any atom is -0.384 e. The minimum absolute atomic E-state index is 0.0393. The van der Waals surface area contributed by atoms with Crippen molar-refractivity contribution in [3.63, 3.8) is 0 Å². The lowest BCUT2D eigenvalue weighted by molar-refractivity contribution is -0.384. The fourth-order valence-corrected chi connectivity index (χ4v) is 1.56. The summed E-state index contributed by atoms with van der Waals surface area (Å²) in [5, 5.41) is 11.0. The molecule has 0 bridgehead atoms. The highest BCUT2D eigenvalue weighted by molar-refractivity contribution is 5.60. The Kier molecular flexibility index (Phi) is 5.31. The zero-order valence-corrected chi connectivity index (χ0v) is 10.6. The van der Waals surface area contributed by atoms with Crippen LogP contribution in [-0.4, -0.2) is 36.2 Å². The Bertz CT molecular complexity index is 411. The lowest BCUT2D eigenvalue weighted by Crippen LogP contribution is -2.29. The third-order valence-electron chi connectivity index (χ3n) is 2.46. The van der Waals surface area contributed by atoms with Gasteiger partial charge in [0.15, 0.2) is 0 Å². The highest BCUT2D eigenvalue weighted by Gasteiger charge is 2.20. The smallest absolute Gasteiger partial charge is 0.311 e. The number of nitrogens with two attached hydrogens (primary N) is 1. The molecule has 2 N–H and O–H groups in total. The molecule has 7 nitrogen and oxygen atoms in total. The van der Waals surface area contributed by atoms with Gasteiger partial charge in [-0.25, -0.2) is 4.98 Å². The first kappa shape index (κ1) is 14.2. The van der Waals surface area contributed by atoms with E-state index in [0.717, 1.165) is 0 Å². The highest BCUT2D eigenvalue weighted by Crippen LogP contribution is 2.26. The number of hydrogen-bond donors (Lipinski definition) is 1. The second-order valence-electron chi connectivity index (χ2n) is 3.61. The van der Waals surface area contributed by atoms with Crippen molar-refractivity contribution in [1.29, 1.82) is 0 Å². The SMILES string of the molecule is CCOCCN(CC)c1nc(N)ccc1[N+](=O)[O-]. The van der Waals surface area contributed by atoms with Crippen LogP contribution in [0.15, 0.2) is 12.1 Å². The van der Waals surface area contributed by atoms with Gasteiger partial charge in [0, 0.05) is 25.8 Å². The number of pyridine rings is 1. The Morgan fingerprint density at radius 2 is 2.22 bits per heavy atom. The zero-order chi connectivity index (χ0) is 13.5. The second kappa shape index (κ2) is 6.75. The molecule has 0 aromatic carbocycles. The Morgan fingerprint density at radius 1 is 1.50 bits per heavy atom.